The number of rotatable bonds is 4. The van der Waals surface area contributed by atoms with Gasteiger partial charge in [-0.15, -0.1) is 0 Å². The fourth-order valence-corrected chi connectivity index (χ4v) is 6.04. The maximum Gasteiger partial charge on any atom is 0.404 e. The number of benzene rings is 2. The van der Waals surface area contributed by atoms with Crippen LogP contribution in [0.25, 0.3) is 0 Å². The molecule has 0 spiro atoms. The van der Waals surface area contributed by atoms with Crippen LogP contribution in [0, 0.1) is 17.7 Å². The van der Waals surface area contributed by atoms with Crippen molar-refractivity contribution in [2.75, 3.05) is 26.2 Å². The van der Waals surface area contributed by atoms with Crippen LogP contribution >= 0.6 is 0 Å². The Morgan fingerprint density at radius 2 is 1.65 bits per heavy atom. The van der Waals surface area contributed by atoms with E-state index in [0.29, 0.717) is 18.9 Å². The maximum absolute atomic E-state index is 14.5. The summed E-state index contributed by atoms with van der Waals surface area (Å²) in [6.07, 6.45) is -1.54. The van der Waals surface area contributed by atoms with Gasteiger partial charge in [-0.25, -0.2) is 4.39 Å². The van der Waals surface area contributed by atoms with Crippen molar-refractivity contribution >= 4 is 0 Å². The Hall–Kier alpha value is -1.92. The van der Waals surface area contributed by atoms with Crippen LogP contribution in [0.5, 0.6) is 0 Å². The van der Waals surface area contributed by atoms with Gasteiger partial charge in [-0.05, 0) is 79.4 Å². The Morgan fingerprint density at radius 3 is 2.29 bits per heavy atom. The van der Waals surface area contributed by atoms with Crippen LogP contribution in [-0.2, 0) is 6.42 Å². The molecule has 3 saturated heterocycles. The van der Waals surface area contributed by atoms with Crippen LogP contribution in [0.3, 0.4) is 0 Å². The molecule has 2 aromatic rings. The maximum atomic E-state index is 14.5. The van der Waals surface area contributed by atoms with Gasteiger partial charge >= 0.3 is 6.18 Å². The molecule has 0 amide bonds. The highest BCUT2D eigenvalue weighted by molar-refractivity contribution is 5.40. The lowest BCUT2D eigenvalue weighted by atomic mass is 9.75. The van der Waals surface area contributed by atoms with Gasteiger partial charge < -0.3 is 4.90 Å². The zero-order valence-electron chi connectivity index (χ0n) is 17.5. The molecule has 2 bridgehead atoms. The SMILES string of the molecule is Fc1ccc(C2c3ccccc3CCN2[C@H](C[C@@H]2CN3CCC2CC3)C(F)(F)F)cc1. The van der Waals surface area contributed by atoms with E-state index in [1.807, 2.05) is 24.3 Å². The van der Waals surface area contributed by atoms with Crippen LogP contribution in [0.1, 0.15) is 42.0 Å². The molecule has 4 heterocycles. The fourth-order valence-electron chi connectivity index (χ4n) is 6.04. The van der Waals surface area contributed by atoms with E-state index in [-0.39, 0.29) is 18.2 Å². The minimum Gasteiger partial charge on any atom is -0.303 e. The monoisotopic (exact) mass is 432 g/mol. The van der Waals surface area contributed by atoms with E-state index in [9.17, 15) is 17.6 Å². The summed E-state index contributed by atoms with van der Waals surface area (Å²) in [5.41, 5.74) is 2.71. The van der Waals surface area contributed by atoms with Crippen molar-refractivity contribution in [3.63, 3.8) is 0 Å². The van der Waals surface area contributed by atoms with Crippen molar-refractivity contribution in [1.29, 1.82) is 0 Å². The number of nitrogens with zero attached hydrogens (tertiary/aromatic N) is 2. The second-order valence-corrected chi connectivity index (χ2v) is 9.33. The molecule has 31 heavy (non-hydrogen) atoms. The largest absolute Gasteiger partial charge is 0.404 e. The predicted octanol–water partition coefficient (Wildman–Crippen LogP) is 5.44. The Kier molecular flexibility index (Phi) is 5.55. The Morgan fingerprint density at radius 1 is 0.935 bits per heavy atom. The zero-order valence-corrected chi connectivity index (χ0v) is 17.5. The van der Waals surface area contributed by atoms with E-state index >= 15 is 0 Å². The average molecular weight is 433 g/mol. The molecule has 3 fully saturated rings. The molecule has 0 radical (unpaired) electrons. The molecule has 0 aliphatic carbocycles. The summed E-state index contributed by atoms with van der Waals surface area (Å²) in [5.74, 6) is 0.107. The molecular formula is C25H28F4N2. The van der Waals surface area contributed by atoms with Gasteiger partial charge in [0.15, 0.2) is 0 Å². The molecule has 6 heteroatoms. The Labute approximate surface area is 180 Å². The summed E-state index contributed by atoms with van der Waals surface area (Å²) in [6, 6.07) is 11.7. The van der Waals surface area contributed by atoms with Crippen molar-refractivity contribution in [3.05, 3.63) is 71.0 Å². The Bertz CT molecular complexity index is 902. The Balaban J connectivity index is 1.51. The first-order valence-corrected chi connectivity index (χ1v) is 11.3. The molecule has 0 saturated carbocycles. The summed E-state index contributed by atoms with van der Waals surface area (Å²) in [7, 11) is 0. The second kappa shape index (κ2) is 8.21. The number of hydrogen-bond donors (Lipinski definition) is 0. The number of halogens is 4. The number of alkyl halides is 3. The van der Waals surface area contributed by atoms with Gasteiger partial charge in [0, 0.05) is 13.1 Å². The average Bonchev–Trinajstić information content (AvgIpc) is 2.77. The summed E-state index contributed by atoms with van der Waals surface area (Å²) in [4.78, 5) is 3.97. The molecule has 4 aliphatic rings. The van der Waals surface area contributed by atoms with Crippen molar-refractivity contribution in [1.82, 2.24) is 9.80 Å². The van der Waals surface area contributed by atoms with Crippen molar-refractivity contribution < 1.29 is 17.6 Å². The molecule has 0 N–H and O–H groups in total. The van der Waals surface area contributed by atoms with Crippen LogP contribution in [0.15, 0.2) is 48.5 Å². The second-order valence-electron chi connectivity index (χ2n) is 9.33. The first kappa shape index (κ1) is 21.0. The highest BCUT2D eigenvalue weighted by atomic mass is 19.4. The summed E-state index contributed by atoms with van der Waals surface area (Å²) in [5, 5.41) is 0. The van der Waals surface area contributed by atoms with Gasteiger partial charge in [0.25, 0.3) is 0 Å². The minimum absolute atomic E-state index is 0.0835. The topological polar surface area (TPSA) is 6.48 Å². The molecule has 4 aliphatic heterocycles. The zero-order chi connectivity index (χ0) is 21.6. The number of hydrogen-bond acceptors (Lipinski definition) is 2. The molecule has 6 rings (SSSR count). The third-order valence-electron chi connectivity index (χ3n) is 7.60. The molecule has 2 nitrogen and oxygen atoms in total. The van der Waals surface area contributed by atoms with Gasteiger partial charge in [-0.2, -0.15) is 13.2 Å². The predicted molar refractivity (Wildman–Crippen MR) is 112 cm³/mol. The summed E-state index contributed by atoms with van der Waals surface area (Å²) in [6.45, 7) is 3.17. The van der Waals surface area contributed by atoms with E-state index < -0.39 is 18.3 Å². The first-order valence-electron chi connectivity index (χ1n) is 11.3. The summed E-state index contributed by atoms with van der Waals surface area (Å²) < 4.78 is 57.1. The van der Waals surface area contributed by atoms with Gasteiger partial charge in [-0.3, -0.25) is 4.90 Å². The lowest BCUT2D eigenvalue weighted by molar-refractivity contribution is -0.197. The van der Waals surface area contributed by atoms with Crippen molar-refractivity contribution in [3.8, 4) is 0 Å². The lowest BCUT2D eigenvalue weighted by Gasteiger charge is -2.49. The van der Waals surface area contributed by atoms with Gasteiger partial charge in [0.1, 0.15) is 11.9 Å². The van der Waals surface area contributed by atoms with Crippen LogP contribution in [-0.4, -0.2) is 48.2 Å². The van der Waals surface area contributed by atoms with E-state index in [1.54, 1.807) is 17.0 Å². The number of piperidine rings is 3. The molecule has 1 unspecified atom stereocenters. The third kappa shape index (κ3) is 4.12. The lowest BCUT2D eigenvalue weighted by Crippen LogP contribution is -2.54. The quantitative estimate of drug-likeness (QED) is 0.594. The van der Waals surface area contributed by atoms with Gasteiger partial charge in [0.05, 0.1) is 6.04 Å². The highest BCUT2D eigenvalue weighted by Gasteiger charge is 2.50. The fraction of sp³-hybridized carbons (Fsp3) is 0.520. The van der Waals surface area contributed by atoms with E-state index in [1.165, 1.54) is 12.1 Å². The normalized spacial score (nSPS) is 29.5. The highest BCUT2D eigenvalue weighted by Crippen LogP contribution is 2.44. The smallest absolute Gasteiger partial charge is 0.303 e. The van der Waals surface area contributed by atoms with E-state index in [4.69, 9.17) is 0 Å². The molecule has 0 aromatic heterocycles. The summed E-state index contributed by atoms with van der Waals surface area (Å²) >= 11 is 0. The molecule has 166 valence electrons. The van der Waals surface area contributed by atoms with Gasteiger partial charge in [0.2, 0.25) is 0 Å². The van der Waals surface area contributed by atoms with E-state index in [2.05, 4.69) is 4.90 Å². The van der Waals surface area contributed by atoms with Crippen LogP contribution in [0.4, 0.5) is 17.6 Å². The van der Waals surface area contributed by atoms with Crippen LogP contribution < -0.4 is 0 Å². The number of fused-ring (bicyclic) bond motifs is 4. The third-order valence-corrected chi connectivity index (χ3v) is 7.60. The molecule has 2 aromatic carbocycles. The van der Waals surface area contributed by atoms with Gasteiger partial charge in [-0.1, -0.05) is 36.4 Å². The minimum atomic E-state index is -4.31. The standard InChI is InChI=1S/C25H28F4N2/c26-21-7-5-19(6-8-21)24-22-4-2-1-3-18(22)11-14-31(24)23(25(27,28)29)15-20-16-30-12-9-17(20)10-13-30/h1-8,17,20,23-24H,9-16H2/t20-,23-,24?/m1/s1. The van der Waals surface area contributed by atoms with Crippen LogP contribution in [0.2, 0.25) is 0 Å². The molecule has 3 atom stereocenters. The van der Waals surface area contributed by atoms with Crippen molar-refractivity contribution in [2.45, 2.75) is 43.9 Å². The van der Waals surface area contributed by atoms with E-state index in [0.717, 1.165) is 49.2 Å². The molecular weight excluding hydrogens is 404 g/mol. The van der Waals surface area contributed by atoms with Crippen molar-refractivity contribution in [2.24, 2.45) is 11.8 Å². The first-order chi connectivity index (χ1) is 14.9.